The van der Waals surface area contributed by atoms with E-state index in [1.165, 1.54) is 154 Å². The highest BCUT2D eigenvalue weighted by atomic mass is 31.2. The van der Waals surface area contributed by atoms with E-state index in [0.29, 0.717) is 31.6 Å². The standard InChI is InChI=1S/C72H140O17P2/c1-9-65(8)51-43-35-26-19-16-17-21-29-39-47-55-72(77)88-67(58-82-69(74)52-44-36-27-23-22-25-33-41-49-63(4)5)60-86-90(78,79)84-56-66(73)57-85-91(80,81)87-61-68(59-83-70(75)53-45-37-31-30-34-42-50-64(6)7)89-71(76)54-46-38-28-20-15-13-11-10-12-14-18-24-32-40-48-62(2)3/h62-68,73H,9-61H2,1-8H3,(H,78,79)(H,80,81)/t65?,66?,67-,68-/m1/s1. The molecule has 3 N–H and O–H groups in total. The van der Waals surface area contributed by atoms with E-state index < -0.39 is 97.5 Å². The highest BCUT2D eigenvalue weighted by Gasteiger charge is 2.30. The molecule has 0 heterocycles. The number of carbonyl (C=O) groups excluding carboxylic acids is 4. The predicted octanol–water partition coefficient (Wildman–Crippen LogP) is 20.5. The summed E-state index contributed by atoms with van der Waals surface area (Å²) < 4.78 is 68.3. The molecule has 0 aromatic rings. The number of phosphoric acid groups is 2. The molecule has 0 amide bonds. The molecular weight excluding hydrogens is 1200 g/mol. The number of hydrogen-bond donors (Lipinski definition) is 3. The van der Waals surface area contributed by atoms with Gasteiger partial charge in [0.1, 0.15) is 19.3 Å². The lowest BCUT2D eigenvalue weighted by Gasteiger charge is -2.21. The summed E-state index contributed by atoms with van der Waals surface area (Å²) in [5.41, 5.74) is 0. The molecule has 0 saturated heterocycles. The van der Waals surface area contributed by atoms with Crippen LogP contribution in [0, 0.1) is 23.7 Å². The molecule has 0 spiro atoms. The zero-order chi connectivity index (χ0) is 67.5. The van der Waals surface area contributed by atoms with E-state index in [1.54, 1.807) is 0 Å². The topological polar surface area (TPSA) is 237 Å². The van der Waals surface area contributed by atoms with Crippen LogP contribution in [0.15, 0.2) is 0 Å². The Labute approximate surface area is 556 Å². The first-order valence-electron chi connectivity index (χ1n) is 37.2. The summed E-state index contributed by atoms with van der Waals surface area (Å²) in [4.78, 5) is 72.6. The second kappa shape index (κ2) is 61.6. The van der Waals surface area contributed by atoms with Crippen molar-refractivity contribution in [2.75, 3.05) is 39.6 Å². The summed E-state index contributed by atoms with van der Waals surface area (Å²) in [6.07, 6.45) is 44.5. The van der Waals surface area contributed by atoms with E-state index in [0.717, 1.165) is 114 Å². The molecule has 17 nitrogen and oxygen atoms in total. The Kier molecular flexibility index (Phi) is 60.3. The number of carbonyl (C=O) groups is 4. The number of rotatable bonds is 69. The minimum absolute atomic E-state index is 0.105. The van der Waals surface area contributed by atoms with Gasteiger partial charge in [-0.2, -0.15) is 0 Å². The van der Waals surface area contributed by atoms with Crippen LogP contribution in [0.2, 0.25) is 0 Å². The molecule has 540 valence electrons. The van der Waals surface area contributed by atoms with Gasteiger partial charge in [0, 0.05) is 25.7 Å². The molecule has 0 fully saturated rings. The van der Waals surface area contributed by atoms with E-state index >= 15 is 0 Å². The van der Waals surface area contributed by atoms with E-state index in [1.807, 2.05) is 0 Å². The average molecular weight is 1340 g/mol. The molecule has 0 aliphatic heterocycles. The van der Waals surface area contributed by atoms with Crippen molar-refractivity contribution in [3.8, 4) is 0 Å². The summed E-state index contributed by atoms with van der Waals surface area (Å²) >= 11 is 0. The van der Waals surface area contributed by atoms with Gasteiger partial charge in [-0.05, 0) is 49.4 Å². The lowest BCUT2D eigenvalue weighted by atomic mass is 9.99. The molecule has 0 radical (unpaired) electrons. The number of phosphoric ester groups is 2. The van der Waals surface area contributed by atoms with Gasteiger partial charge in [-0.1, -0.05) is 306 Å². The van der Waals surface area contributed by atoms with Gasteiger partial charge in [0.25, 0.3) is 0 Å². The number of aliphatic hydroxyl groups excluding tert-OH is 1. The number of esters is 4. The van der Waals surface area contributed by atoms with Crippen LogP contribution >= 0.6 is 15.6 Å². The van der Waals surface area contributed by atoms with Crippen LogP contribution in [0.4, 0.5) is 0 Å². The first kappa shape index (κ1) is 89.1. The first-order chi connectivity index (χ1) is 43.6. The first-order valence-corrected chi connectivity index (χ1v) is 40.2. The van der Waals surface area contributed by atoms with Crippen molar-refractivity contribution in [2.45, 2.75) is 375 Å². The molecule has 91 heavy (non-hydrogen) atoms. The van der Waals surface area contributed by atoms with Gasteiger partial charge < -0.3 is 33.8 Å². The molecule has 0 saturated carbocycles. The van der Waals surface area contributed by atoms with Crippen LogP contribution in [0.5, 0.6) is 0 Å². The molecule has 0 bridgehead atoms. The SMILES string of the molecule is CCC(C)CCCCCCCCCCCCC(=O)O[C@H](COC(=O)CCCCCCCCCCC(C)C)COP(=O)(O)OCC(O)COP(=O)(O)OC[C@@H](COC(=O)CCCCCCCCC(C)C)OC(=O)CCCCCCCCCCCCCCCCC(C)C. The van der Waals surface area contributed by atoms with Crippen molar-refractivity contribution < 1.29 is 80.2 Å². The maximum absolute atomic E-state index is 13.0. The fourth-order valence-electron chi connectivity index (χ4n) is 10.8. The van der Waals surface area contributed by atoms with E-state index in [-0.39, 0.29) is 25.7 Å². The van der Waals surface area contributed by atoms with E-state index in [2.05, 4.69) is 55.4 Å². The number of hydrogen-bond acceptors (Lipinski definition) is 15. The molecule has 0 aliphatic carbocycles. The van der Waals surface area contributed by atoms with Crippen molar-refractivity contribution >= 4 is 39.5 Å². The largest absolute Gasteiger partial charge is 0.472 e. The minimum atomic E-state index is -4.95. The van der Waals surface area contributed by atoms with E-state index in [9.17, 15) is 43.2 Å². The third kappa shape index (κ3) is 65.1. The molecule has 6 atom stereocenters. The highest BCUT2D eigenvalue weighted by molar-refractivity contribution is 7.47. The fraction of sp³-hybridized carbons (Fsp3) is 0.944. The predicted molar refractivity (Wildman–Crippen MR) is 367 cm³/mol. The highest BCUT2D eigenvalue weighted by Crippen LogP contribution is 2.45. The van der Waals surface area contributed by atoms with Crippen molar-refractivity contribution in [1.29, 1.82) is 0 Å². The van der Waals surface area contributed by atoms with Gasteiger partial charge in [-0.3, -0.25) is 37.3 Å². The second-order valence-electron chi connectivity index (χ2n) is 27.6. The lowest BCUT2D eigenvalue weighted by molar-refractivity contribution is -0.161. The fourth-order valence-corrected chi connectivity index (χ4v) is 12.4. The Hall–Kier alpha value is -1.94. The van der Waals surface area contributed by atoms with Crippen LogP contribution in [0.1, 0.15) is 357 Å². The summed E-state index contributed by atoms with van der Waals surface area (Å²) in [6, 6.07) is 0. The zero-order valence-corrected chi connectivity index (χ0v) is 61.3. The van der Waals surface area contributed by atoms with Crippen molar-refractivity contribution in [3.63, 3.8) is 0 Å². The third-order valence-corrected chi connectivity index (χ3v) is 18.8. The third-order valence-electron chi connectivity index (χ3n) is 16.9. The second-order valence-corrected chi connectivity index (χ2v) is 30.6. The Balaban J connectivity index is 5.23. The van der Waals surface area contributed by atoms with Gasteiger partial charge in [-0.15, -0.1) is 0 Å². The van der Waals surface area contributed by atoms with E-state index in [4.69, 9.17) is 37.0 Å². The molecule has 19 heteroatoms. The molecule has 0 aromatic heterocycles. The maximum Gasteiger partial charge on any atom is 0.472 e. The Morgan fingerprint density at radius 2 is 0.527 bits per heavy atom. The minimum Gasteiger partial charge on any atom is -0.462 e. The molecule has 0 aliphatic rings. The van der Waals surface area contributed by atoms with Crippen LogP contribution in [0.25, 0.3) is 0 Å². The molecule has 4 unspecified atom stereocenters. The Bertz CT molecular complexity index is 1800. The average Bonchev–Trinajstić information content (AvgIpc) is 3.63. The van der Waals surface area contributed by atoms with Crippen LogP contribution in [0.3, 0.4) is 0 Å². The van der Waals surface area contributed by atoms with Gasteiger partial charge in [0.15, 0.2) is 12.2 Å². The van der Waals surface area contributed by atoms with Crippen molar-refractivity contribution in [3.05, 3.63) is 0 Å². The van der Waals surface area contributed by atoms with Crippen LogP contribution in [-0.2, 0) is 65.4 Å². The summed E-state index contributed by atoms with van der Waals surface area (Å²) in [7, 11) is -9.91. The summed E-state index contributed by atoms with van der Waals surface area (Å²) in [6.45, 7) is 14.1. The van der Waals surface area contributed by atoms with Gasteiger partial charge >= 0.3 is 39.5 Å². The van der Waals surface area contributed by atoms with Crippen molar-refractivity contribution in [2.24, 2.45) is 23.7 Å². The van der Waals surface area contributed by atoms with Crippen LogP contribution < -0.4 is 0 Å². The van der Waals surface area contributed by atoms with Gasteiger partial charge in [-0.25, -0.2) is 9.13 Å². The van der Waals surface area contributed by atoms with Gasteiger partial charge in [0.05, 0.1) is 26.4 Å². The lowest BCUT2D eigenvalue weighted by Crippen LogP contribution is -2.30. The molecule has 0 rings (SSSR count). The number of aliphatic hydroxyl groups is 1. The van der Waals surface area contributed by atoms with Gasteiger partial charge in [0.2, 0.25) is 0 Å². The van der Waals surface area contributed by atoms with Crippen molar-refractivity contribution in [1.82, 2.24) is 0 Å². The zero-order valence-electron chi connectivity index (χ0n) is 59.5. The monoisotopic (exact) mass is 1340 g/mol. The Morgan fingerprint density at radius 3 is 0.780 bits per heavy atom. The summed E-state index contributed by atoms with van der Waals surface area (Å²) in [5, 5.41) is 10.6. The number of unbranched alkanes of at least 4 members (excludes halogenated alkanes) is 34. The maximum atomic E-state index is 13.0. The molecule has 0 aromatic carbocycles. The quantitative estimate of drug-likeness (QED) is 0.0222. The Morgan fingerprint density at radius 1 is 0.308 bits per heavy atom. The smallest absolute Gasteiger partial charge is 0.462 e. The number of ether oxygens (including phenoxy) is 4. The molecular formula is C72H140O17P2. The van der Waals surface area contributed by atoms with Crippen LogP contribution in [-0.4, -0.2) is 96.7 Å². The summed E-state index contributed by atoms with van der Waals surface area (Å²) in [5.74, 6) is 0.875. The normalized spacial score (nSPS) is 14.5.